The van der Waals surface area contributed by atoms with E-state index >= 15 is 0 Å². The van der Waals surface area contributed by atoms with Crippen molar-refractivity contribution in [1.82, 2.24) is 21.3 Å². The van der Waals surface area contributed by atoms with Crippen molar-refractivity contribution in [2.45, 2.75) is 84.0 Å². The lowest BCUT2D eigenvalue weighted by molar-refractivity contribution is -0.142. The van der Waals surface area contributed by atoms with Gasteiger partial charge < -0.3 is 32.1 Å². The molecule has 1 fully saturated rings. The van der Waals surface area contributed by atoms with Crippen molar-refractivity contribution in [3.05, 3.63) is 0 Å². The highest BCUT2D eigenvalue weighted by molar-refractivity contribution is 5.94. The second-order valence-electron chi connectivity index (χ2n) is 8.97. The zero-order valence-corrected chi connectivity index (χ0v) is 19.3. The normalized spacial score (nSPS) is 18.6. The molecule has 4 atom stereocenters. The fraction of sp³-hybridized carbons (Fsp3) is 0.762. The highest BCUT2D eigenvalue weighted by Gasteiger charge is 2.33. The molecule has 4 unspecified atom stereocenters. The third kappa shape index (κ3) is 9.21. The Morgan fingerprint density at radius 3 is 2.09 bits per heavy atom. The zero-order chi connectivity index (χ0) is 24.4. The van der Waals surface area contributed by atoms with Gasteiger partial charge in [0, 0.05) is 6.42 Å². The van der Waals surface area contributed by atoms with Gasteiger partial charge in [-0.1, -0.05) is 27.7 Å². The van der Waals surface area contributed by atoms with E-state index in [1.807, 2.05) is 13.8 Å². The summed E-state index contributed by atoms with van der Waals surface area (Å²) in [7, 11) is 0. The molecule has 0 aromatic rings. The Balaban J connectivity index is 2.88. The Hall–Kier alpha value is -2.69. The molecule has 11 nitrogen and oxygen atoms in total. The Bertz CT molecular complexity index is 690. The van der Waals surface area contributed by atoms with Crippen molar-refractivity contribution in [2.75, 3.05) is 6.54 Å². The van der Waals surface area contributed by atoms with Crippen LogP contribution >= 0.6 is 0 Å². The molecular weight excluding hydrogens is 418 g/mol. The summed E-state index contributed by atoms with van der Waals surface area (Å²) in [5, 5.41) is 20.2. The van der Waals surface area contributed by atoms with Gasteiger partial charge >= 0.3 is 5.97 Å². The minimum Gasteiger partial charge on any atom is -0.480 e. The molecule has 0 radical (unpaired) electrons. The smallest absolute Gasteiger partial charge is 0.326 e. The fourth-order valence-electron chi connectivity index (χ4n) is 3.48. The summed E-state index contributed by atoms with van der Waals surface area (Å²) in [5.74, 6) is -3.64. The van der Waals surface area contributed by atoms with Gasteiger partial charge in [0.1, 0.15) is 18.1 Å². The molecule has 7 N–H and O–H groups in total. The zero-order valence-electron chi connectivity index (χ0n) is 19.3. The van der Waals surface area contributed by atoms with Gasteiger partial charge in [0.05, 0.1) is 6.04 Å². The van der Waals surface area contributed by atoms with Crippen LogP contribution in [0.25, 0.3) is 0 Å². The molecule has 32 heavy (non-hydrogen) atoms. The third-order valence-electron chi connectivity index (χ3n) is 5.26. The van der Waals surface area contributed by atoms with E-state index in [0.29, 0.717) is 6.42 Å². The van der Waals surface area contributed by atoms with E-state index in [4.69, 9.17) is 5.73 Å². The van der Waals surface area contributed by atoms with Crippen LogP contribution in [0.1, 0.15) is 59.8 Å². The van der Waals surface area contributed by atoms with Crippen LogP contribution in [0.3, 0.4) is 0 Å². The molecule has 0 aromatic carbocycles. The number of hydrogen-bond acceptors (Lipinski definition) is 6. The van der Waals surface area contributed by atoms with Crippen molar-refractivity contribution in [2.24, 2.45) is 17.6 Å². The van der Waals surface area contributed by atoms with Crippen LogP contribution in [-0.2, 0) is 24.0 Å². The molecule has 1 aliphatic rings. The van der Waals surface area contributed by atoms with E-state index in [2.05, 4.69) is 21.3 Å². The summed E-state index contributed by atoms with van der Waals surface area (Å²) >= 11 is 0. The molecule has 1 aliphatic heterocycles. The van der Waals surface area contributed by atoms with Crippen molar-refractivity contribution in [3.63, 3.8) is 0 Å². The maximum Gasteiger partial charge on any atom is 0.326 e. The van der Waals surface area contributed by atoms with E-state index < -0.39 is 41.8 Å². The van der Waals surface area contributed by atoms with Crippen molar-refractivity contribution in [1.29, 1.82) is 0 Å². The number of nitrogens with two attached hydrogens (primary N) is 1. The van der Waals surface area contributed by atoms with Gasteiger partial charge in [-0.3, -0.25) is 19.2 Å². The van der Waals surface area contributed by atoms with Gasteiger partial charge in [0.15, 0.2) is 0 Å². The number of hydrogen-bond donors (Lipinski definition) is 6. The van der Waals surface area contributed by atoms with Gasteiger partial charge in [-0.05, 0) is 44.1 Å². The van der Waals surface area contributed by atoms with E-state index in [-0.39, 0.29) is 43.0 Å². The maximum absolute atomic E-state index is 13.0. The minimum absolute atomic E-state index is 0.0229. The van der Waals surface area contributed by atoms with Crippen molar-refractivity contribution in [3.8, 4) is 0 Å². The molecule has 0 aromatic heterocycles. The quantitative estimate of drug-likeness (QED) is 0.211. The first kappa shape index (κ1) is 27.3. The van der Waals surface area contributed by atoms with Crippen molar-refractivity contribution >= 4 is 29.6 Å². The lowest BCUT2D eigenvalue weighted by Crippen LogP contribution is -2.58. The first-order valence-electron chi connectivity index (χ1n) is 11.1. The Morgan fingerprint density at radius 1 is 1.00 bits per heavy atom. The number of carbonyl (C=O) groups is 5. The Labute approximate surface area is 188 Å². The number of primary amides is 1. The molecule has 11 heteroatoms. The predicted molar refractivity (Wildman–Crippen MR) is 117 cm³/mol. The number of aliphatic carboxylic acids is 1. The summed E-state index contributed by atoms with van der Waals surface area (Å²) in [6.45, 7) is 8.04. The summed E-state index contributed by atoms with van der Waals surface area (Å²) in [4.78, 5) is 60.7. The van der Waals surface area contributed by atoms with Gasteiger partial charge in [-0.2, -0.15) is 0 Å². The number of carboxylic acid groups (broad SMARTS) is 1. The van der Waals surface area contributed by atoms with Crippen LogP contribution in [0.4, 0.5) is 0 Å². The maximum atomic E-state index is 13.0. The molecule has 1 rings (SSSR count). The first-order chi connectivity index (χ1) is 14.9. The monoisotopic (exact) mass is 455 g/mol. The molecule has 0 saturated carbocycles. The average Bonchev–Trinajstić information content (AvgIpc) is 3.22. The van der Waals surface area contributed by atoms with Crippen LogP contribution in [0.5, 0.6) is 0 Å². The number of carbonyl (C=O) groups excluding carboxylic acids is 4. The lowest BCUT2D eigenvalue weighted by atomic mass is 9.99. The van der Waals surface area contributed by atoms with Gasteiger partial charge in [0.25, 0.3) is 0 Å². The highest BCUT2D eigenvalue weighted by Crippen LogP contribution is 2.11. The molecule has 0 spiro atoms. The van der Waals surface area contributed by atoms with Crippen LogP contribution in [0, 0.1) is 11.8 Å². The molecular formula is C21H37N5O6. The largest absolute Gasteiger partial charge is 0.480 e. The van der Waals surface area contributed by atoms with Crippen LogP contribution in [0.2, 0.25) is 0 Å². The van der Waals surface area contributed by atoms with Crippen LogP contribution in [0.15, 0.2) is 0 Å². The Kier molecular flexibility index (Phi) is 11.1. The fourth-order valence-corrected chi connectivity index (χ4v) is 3.48. The van der Waals surface area contributed by atoms with Gasteiger partial charge in [-0.25, -0.2) is 4.79 Å². The number of carboxylic acids is 1. The first-order valence-corrected chi connectivity index (χ1v) is 11.1. The van der Waals surface area contributed by atoms with Crippen molar-refractivity contribution < 1.29 is 29.1 Å². The SMILES string of the molecule is CC(C)CC(NC(=O)C(NC(=O)C1CCCN1)C(C)C)C(=O)NC(CCC(N)=O)C(=O)O. The van der Waals surface area contributed by atoms with Crippen LogP contribution < -0.4 is 27.0 Å². The average molecular weight is 456 g/mol. The van der Waals surface area contributed by atoms with E-state index in [9.17, 15) is 29.1 Å². The van der Waals surface area contributed by atoms with E-state index in [1.54, 1.807) is 13.8 Å². The molecule has 1 saturated heterocycles. The topological polar surface area (TPSA) is 180 Å². The van der Waals surface area contributed by atoms with Crippen LogP contribution in [-0.4, -0.2) is 65.4 Å². The second kappa shape index (κ2) is 13.0. The molecule has 1 heterocycles. The second-order valence-corrected chi connectivity index (χ2v) is 8.97. The summed E-state index contributed by atoms with van der Waals surface area (Å²) in [6, 6.07) is -3.51. The third-order valence-corrected chi connectivity index (χ3v) is 5.26. The molecule has 182 valence electrons. The molecule has 4 amide bonds. The molecule has 0 bridgehead atoms. The van der Waals surface area contributed by atoms with Gasteiger partial charge in [-0.15, -0.1) is 0 Å². The van der Waals surface area contributed by atoms with E-state index in [0.717, 1.165) is 13.0 Å². The Morgan fingerprint density at radius 2 is 1.62 bits per heavy atom. The highest BCUT2D eigenvalue weighted by atomic mass is 16.4. The van der Waals surface area contributed by atoms with Gasteiger partial charge in [0.2, 0.25) is 23.6 Å². The lowest BCUT2D eigenvalue weighted by Gasteiger charge is -2.27. The summed E-state index contributed by atoms with van der Waals surface area (Å²) in [6.07, 6.45) is 1.49. The summed E-state index contributed by atoms with van der Waals surface area (Å²) < 4.78 is 0. The summed E-state index contributed by atoms with van der Waals surface area (Å²) in [5.41, 5.74) is 5.07. The van der Waals surface area contributed by atoms with E-state index in [1.165, 1.54) is 0 Å². The number of nitrogens with one attached hydrogen (secondary N) is 4. The predicted octanol–water partition coefficient (Wildman–Crippen LogP) is -0.755. The number of rotatable bonds is 13. The molecule has 0 aliphatic carbocycles. The number of amides is 4. The standard InChI is InChI=1S/C21H37N5O6/c1-11(2)10-15(19(29)24-14(21(31)32)7-8-16(22)27)25-20(30)17(12(3)4)26-18(28)13-6-5-9-23-13/h11-15,17,23H,5-10H2,1-4H3,(H2,22,27)(H,24,29)(H,25,30)(H,26,28)(H,31,32). The minimum atomic E-state index is -1.31.